The van der Waals surface area contributed by atoms with Crippen LogP contribution >= 0.6 is 0 Å². The van der Waals surface area contributed by atoms with E-state index in [0.717, 1.165) is 12.1 Å². The highest BCUT2D eigenvalue weighted by Crippen LogP contribution is 2.55. The summed E-state index contributed by atoms with van der Waals surface area (Å²) in [6.45, 7) is 6.00. The smallest absolute Gasteiger partial charge is 0.178 e. The van der Waals surface area contributed by atoms with Gasteiger partial charge in [-0.3, -0.25) is 9.48 Å². The minimum Gasteiger partial charge on any atom is -0.293 e. The number of Topliss-reactive ketones (excluding diaryl/α,β-unsaturated/α-hetero) is 1. The Morgan fingerprint density at radius 2 is 2.16 bits per heavy atom. The number of hydrogen-bond donors (Lipinski definition) is 0. The molecule has 2 aliphatic carbocycles. The summed E-state index contributed by atoms with van der Waals surface area (Å²) in [5.74, 6) is 0.148. The highest BCUT2D eigenvalue weighted by atomic mass is 16.1. The molecule has 19 heavy (non-hydrogen) atoms. The molecular formula is C15H17N3O. The summed E-state index contributed by atoms with van der Waals surface area (Å²) in [5.41, 5.74) is 1.68. The molecular weight excluding hydrogens is 238 g/mol. The van der Waals surface area contributed by atoms with E-state index in [2.05, 4.69) is 18.1 Å². The highest BCUT2D eigenvalue weighted by molar-refractivity contribution is 6.04. The molecule has 0 N–H and O–H groups in total. The Bertz CT molecular complexity index is 659. The number of ketones is 1. The number of nitrogens with zero attached hydrogens (tertiary/aromatic N) is 3. The minimum absolute atomic E-state index is 0.0352. The predicted octanol–water partition coefficient (Wildman–Crippen LogP) is 1.91. The van der Waals surface area contributed by atoms with Crippen molar-refractivity contribution in [3.05, 3.63) is 29.1 Å². The molecule has 0 saturated heterocycles. The fraction of sp³-hybridized carbons (Fsp3) is 0.533. The van der Waals surface area contributed by atoms with Gasteiger partial charge in [0.25, 0.3) is 0 Å². The van der Waals surface area contributed by atoms with E-state index >= 15 is 0 Å². The summed E-state index contributed by atoms with van der Waals surface area (Å²) < 4.78 is 1.81. The van der Waals surface area contributed by atoms with Gasteiger partial charge in [0.15, 0.2) is 5.78 Å². The van der Waals surface area contributed by atoms with Gasteiger partial charge < -0.3 is 0 Å². The first-order chi connectivity index (χ1) is 8.80. The summed E-state index contributed by atoms with van der Waals surface area (Å²) in [7, 11) is 1.91. The van der Waals surface area contributed by atoms with E-state index in [1.54, 1.807) is 0 Å². The van der Waals surface area contributed by atoms with E-state index in [4.69, 9.17) is 0 Å². The maximum absolute atomic E-state index is 12.4. The Morgan fingerprint density at radius 1 is 1.47 bits per heavy atom. The van der Waals surface area contributed by atoms with Crippen LogP contribution in [0.1, 0.15) is 32.0 Å². The summed E-state index contributed by atoms with van der Waals surface area (Å²) in [5, 5.41) is 13.8. The molecule has 0 radical (unpaired) electrons. The van der Waals surface area contributed by atoms with Crippen LogP contribution in [0.3, 0.4) is 0 Å². The number of fused-ring (bicyclic) bond motifs is 3. The zero-order valence-electron chi connectivity index (χ0n) is 11.7. The number of aryl methyl sites for hydroxylation is 1. The Labute approximate surface area is 112 Å². The summed E-state index contributed by atoms with van der Waals surface area (Å²) >= 11 is 0. The van der Waals surface area contributed by atoms with Crippen LogP contribution in [0, 0.1) is 22.7 Å². The van der Waals surface area contributed by atoms with E-state index in [1.165, 1.54) is 5.56 Å². The standard InChI is InChI=1S/C15H17N3O/c1-14(2)11-5-9-8-18(4)17-12(9)15(11,3)6-10(7-16)13(14)19/h6,8,11H,5H2,1-4H3/t11?,15-/m0/s1. The number of aromatic nitrogens is 2. The van der Waals surface area contributed by atoms with Gasteiger partial charge in [-0.15, -0.1) is 0 Å². The monoisotopic (exact) mass is 255 g/mol. The molecule has 1 aromatic heterocycles. The number of carbonyl (C=O) groups excluding carboxylic acids is 1. The summed E-state index contributed by atoms with van der Waals surface area (Å²) in [4.78, 5) is 12.4. The van der Waals surface area contributed by atoms with Crippen molar-refractivity contribution >= 4 is 5.78 Å². The van der Waals surface area contributed by atoms with Gasteiger partial charge in [0, 0.05) is 24.1 Å². The van der Waals surface area contributed by atoms with Crippen LogP contribution < -0.4 is 0 Å². The lowest BCUT2D eigenvalue weighted by atomic mass is 9.58. The van der Waals surface area contributed by atoms with Crippen molar-refractivity contribution in [2.24, 2.45) is 18.4 Å². The SMILES string of the molecule is Cn1cc2c(n1)[C@@]1(C)C=C(C#N)C(=O)C(C)(C)C1C2. The van der Waals surface area contributed by atoms with Crippen molar-refractivity contribution in [3.8, 4) is 6.07 Å². The average molecular weight is 255 g/mol. The topological polar surface area (TPSA) is 58.7 Å². The van der Waals surface area contributed by atoms with Gasteiger partial charge in [0.05, 0.1) is 11.3 Å². The minimum atomic E-state index is -0.513. The molecule has 0 bridgehead atoms. The van der Waals surface area contributed by atoms with Crippen molar-refractivity contribution in [2.75, 3.05) is 0 Å². The van der Waals surface area contributed by atoms with E-state index in [0.29, 0.717) is 0 Å². The highest BCUT2D eigenvalue weighted by Gasteiger charge is 2.56. The summed E-state index contributed by atoms with van der Waals surface area (Å²) in [6, 6.07) is 2.06. The summed E-state index contributed by atoms with van der Waals surface area (Å²) in [6.07, 6.45) is 4.72. The van der Waals surface area contributed by atoms with Gasteiger partial charge in [0.2, 0.25) is 0 Å². The molecule has 0 spiro atoms. The largest absolute Gasteiger partial charge is 0.293 e. The molecule has 4 heteroatoms. The van der Waals surface area contributed by atoms with Gasteiger partial charge in [-0.2, -0.15) is 10.4 Å². The van der Waals surface area contributed by atoms with Crippen molar-refractivity contribution in [2.45, 2.75) is 32.6 Å². The fourth-order valence-electron chi connectivity index (χ4n) is 3.87. The lowest BCUT2D eigenvalue weighted by Crippen LogP contribution is -2.47. The molecule has 0 fully saturated rings. The molecule has 1 heterocycles. The maximum atomic E-state index is 12.4. The maximum Gasteiger partial charge on any atom is 0.178 e. The molecule has 2 atom stereocenters. The number of hydrogen-bond acceptors (Lipinski definition) is 3. The predicted molar refractivity (Wildman–Crippen MR) is 70.2 cm³/mol. The molecule has 1 unspecified atom stereocenters. The number of nitriles is 1. The number of carbonyl (C=O) groups is 1. The van der Waals surface area contributed by atoms with Crippen molar-refractivity contribution < 1.29 is 4.79 Å². The lowest BCUT2D eigenvalue weighted by Gasteiger charge is -2.43. The van der Waals surface area contributed by atoms with Crippen molar-refractivity contribution in [1.82, 2.24) is 9.78 Å². The van der Waals surface area contributed by atoms with Crippen molar-refractivity contribution in [1.29, 1.82) is 5.26 Å². The third-order valence-electron chi connectivity index (χ3n) is 4.83. The zero-order valence-corrected chi connectivity index (χ0v) is 11.7. The molecule has 2 aliphatic rings. The second-order valence-corrected chi connectivity index (χ2v) is 6.44. The second kappa shape index (κ2) is 3.36. The van der Waals surface area contributed by atoms with E-state index in [1.807, 2.05) is 37.8 Å². The zero-order chi connectivity index (χ0) is 14.0. The molecule has 0 saturated carbocycles. The Balaban J connectivity index is 2.26. The second-order valence-electron chi connectivity index (χ2n) is 6.44. The van der Waals surface area contributed by atoms with Crippen LogP contribution in [0.15, 0.2) is 17.8 Å². The van der Waals surface area contributed by atoms with E-state index in [9.17, 15) is 10.1 Å². The van der Waals surface area contributed by atoms with Crippen LogP contribution in [-0.4, -0.2) is 15.6 Å². The molecule has 4 nitrogen and oxygen atoms in total. The normalized spacial score (nSPS) is 31.4. The van der Waals surface area contributed by atoms with Crippen molar-refractivity contribution in [3.63, 3.8) is 0 Å². The van der Waals surface area contributed by atoms with Crippen LogP contribution in [0.4, 0.5) is 0 Å². The van der Waals surface area contributed by atoms with Crippen LogP contribution in [0.5, 0.6) is 0 Å². The first kappa shape index (κ1) is 12.2. The van der Waals surface area contributed by atoms with Gasteiger partial charge in [-0.05, 0) is 17.9 Å². The quantitative estimate of drug-likeness (QED) is 0.711. The van der Waals surface area contributed by atoms with E-state index in [-0.39, 0.29) is 22.7 Å². The lowest BCUT2D eigenvalue weighted by molar-refractivity contribution is -0.127. The number of rotatable bonds is 0. The molecule has 98 valence electrons. The third kappa shape index (κ3) is 1.33. The van der Waals surface area contributed by atoms with Gasteiger partial charge >= 0.3 is 0 Å². The van der Waals surface area contributed by atoms with Crippen LogP contribution in [0.2, 0.25) is 0 Å². The molecule has 1 aromatic rings. The van der Waals surface area contributed by atoms with Crippen LogP contribution in [-0.2, 0) is 23.7 Å². The van der Waals surface area contributed by atoms with Gasteiger partial charge in [-0.25, -0.2) is 0 Å². The third-order valence-corrected chi connectivity index (χ3v) is 4.83. The Morgan fingerprint density at radius 3 is 2.79 bits per heavy atom. The average Bonchev–Trinajstić information content (AvgIpc) is 2.82. The first-order valence-corrected chi connectivity index (χ1v) is 6.51. The molecule has 0 amide bonds. The van der Waals surface area contributed by atoms with Gasteiger partial charge in [0.1, 0.15) is 6.07 Å². The molecule has 0 aliphatic heterocycles. The molecule has 3 rings (SSSR count). The van der Waals surface area contributed by atoms with Crippen LogP contribution in [0.25, 0.3) is 0 Å². The Kier molecular flexibility index (Phi) is 2.15. The van der Waals surface area contributed by atoms with Gasteiger partial charge in [-0.1, -0.05) is 26.8 Å². The molecule has 0 aromatic carbocycles. The number of allylic oxidation sites excluding steroid dienone is 2. The fourth-order valence-corrected chi connectivity index (χ4v) is 3.87. The Hall–Kier alpha value is -1.89. The first-order valence-electron chi connectivity index (χ1n) is 6.51. The van der Waals surface area contributed by atoms with E-state index < -0.39 is 5.41 Å².